The van der Waals surface area contributed by atoms with Gasteiger partial charge in [0.25, 0.3) is 0 Å². The summed E-state index contributed by atoms with van der Waals surface area (Å²) < 4.78 is 11.6. The van der Waals surface area contributed by atoms with Crippen LogP contribution >= 0.6 is 0 Å². The molecule has 0 heterocycles. The summed E-state index contributed by atoms with van der Waals surface area (Å²) in [5.74, 6) is 0. The topological polar surface area (TPSA) is 12.0 Å². The zero-order valence-electron chi connectivity index (χ0n) is 5.68. The van der Waals surface area contributed by atoms with Gasteiger partial charge in [-0.05, 0) is 5.56 Å². The molecule has 1 rings (SSSR count). The molecule has 10 heavy (non-hydrogen) atoms. The first kappa shape index (κ1) is 7.22. The summed E-state index contributed by atoms with van der Waals surface area (Å²) in [4.78, 5) is 0. The molecule has 0 spiro atoms. The number of rotatable bonds is 3. The molecule has 0 saturated heterocycles. The quantitative estimate of drug-likeness (QED) is 0.628. The van der Waals surface area contributed by atoms with Gasteiger partial charge < -0.3 is 0 Å². The Hall–Kier alpha value is -0.890. The van der Waals surface area contributed by atoms with Crippen molar-refractivity contribution >= 4 is 0 Å². The van der Waals surface area contributed by atoms with Crippen molar-refractivity contribution in [2.24, 2.45) is 0 Å². The SMILES string of the molecule is FCNCc1ccccc1. The van der Waals surface area contributed by atoms with Crippen LogP contribution in [0.15, 0.2) is 30.3 Å². The van der Waals surface area contributed by atoms with Crippen molar-refractivity contribution < 1.29 is 4.39 Å². The molecule has 1 N–H and O–H groups in total. The summed E-state index contributed by atoms with van der Waals surface area (Å²) in [5, 5.41) is 2.60. The summed E-state index contributed by atoms with van der Waals surface area (Å²) in [6.07, 6.45) is 0. The Labute approximate surface area is 59.9 Å². The van der Waals surface area contributed by atoms with E-state index >= 15 is 0 Å². The van der Waals surface area contributed by atoms with Crippen LogP contribution in [0.25, 0.3) is 0 Å². The van der Waals surface area contributed by atoms with Gasteiger partial charge in [0.1, 0.15) is 6.80 Å². The van der Waals surface area contributed by atoms with Crippen LogP contribution in [0.4, 0.5) is 4.39 Å². The molecule has 0 saturated carbocycles. The predicted octanol–water partition coefficient (Wildman–Crippen LogP) is 1.70. The fourth-order valence-electron chi connectivity index (χ4n) is 0.787. The van der Waals surface area contributed by atoms with Gasteiger partial charge in [-0.1, -0.05) is 30.3 Å². The van der Waals surface area contributed by atoms with Crippen molar-refractivity contribution in [1.82, 2.24) is 5.32 Å². The second kappa shape index (κ2) is 4.01. The van der Waals surface area contributed by atoms with Gasteiger partial charge in [-0.3, -0.25) is 5.32 Å². The minimum Gasteiger partial charge on any atom is -0.286 e. The summed E-state index contributed by atoms with van der Waals surface area (Å²) in [6.45, 7) is 0.145. The largest absolute Gasteiger partial charge is 0.286 e. The van der Waals surface area contributed by atoms with E-state index in [9.17, 15) is 4.39 Å². The van der Waals surface area contributed by atoms with E-state index in [2.05, 4.69) is 5.32 Å². The average Bonchev–Trinajstić information content (AvgIpc) is 2.03. The van der Waals surface area contributed by atoms with Crippen LogP contribution in [0.5, 0.6) is 0 Å². The Morgan fingerprint density at radius 3 is 2.50 bits per heavy atom. The summed E-state index contributed by atoms with van der Waals surface area (Å²) >= 11 is 0. The van der Waals surface area contributed by atoms with Crippen molar-refractivity contribution in [3.63, 3.8) is 0 Å². The van der Waals surface area contributed by atoms with E-state index in [0.29, 0.717) is 6.54 Å². The number of benzene rings is 1. The van der Waals surface area contributed by atoms with Gasteiger partial charge in [-0.15, -0.1) is 0 Å². The number of alkyl halides is 1. The monoisotopic (exact) mass is 139 g/mol. The van der Waals surface area contributed by atoms with Gasteiger partial charge in [0.15, 0.2) is 0 Å². The lowest BCUT2D eigenvalue weighted by Gasteiger charge is -1.97. The molecular weight excluding hydrogens is 129 g/mol. The van der Waals surface area contributed by atoms with E-state index in [0.717, 1.165) is 5.56 Å². The minimum atomic E-state index is -0.463. The van der Waals surface area contributed by atoms with E-state index in [1.54, 1.807) is 0 Å². The minimum absolute atomic E-state index is 0.463. The third kappa shape index (κ3) is 2.15. The van der Waals surface area contributed by atoms with Crippen LogP contribution in [-0.2, 0) is 6.54 Å². The lowest BCUT2D eigenvalue weighted by molar-refractivity contribution is 0.424. The number of nitrogens with one attached hydrogen (secondary N) is 1. The van der Waals surface area contributed by atoms with Crippen molar-refractivity contribution in [3.8, 4) is 0 Å². The van der Waals surface area contributed by atoms with Gasteiger partial charge in [0, 0.05) is 6.54 Å². The molecule has 1 nitrogen and oxygen atoms in total. The highest BCUT2D eigenvalue weighted by molar-refractivity contribution is 5.13. The van der Waals surface area contributed by atoms with Crippen molar-refractivity contribution in [1.29, 1.82) is 0 Å². The third-order valence-electron chi connectivity index (χ3n) is 1.27. The Morgan fingerprint density at radius 1 is 1.20 bits per heavy atom. The summed E-state index contributed by atoms with van der Waals surface area (Å²) in [5.41, 5.74) is 1.11. The van der Waals surface area contributed by atoms with Gasteiger partial charge >= 0.3 is 0 Å². The Bertz CT molecular complexity index is 174. The maximum absolute atomic E-state index is 11.6. The van der Waals surface area contributed by atoms with E-state index in [4.69, 9.17) is 0 Å². The Kier molecular flexibility index (Phi) is 2.90. The number of hydrogen-bond acceptors (Lipinski definition) is 1. The predicted molar refractivity (Wildman–Crippen MR) is 39.3 cm³/mol. The van der Waals surface area contributed by atoms with Crippen molar-refractivity contribution in [3.05, 3.63) is 35.9 Å². The number of halogens is 1. The number of hydrogen-bond donors (Lipinski definition) is 1. The molecule has 0 aromatic heterocycles. The van der Waals surface area contributed by atoms with Gasteiger partial charge in [-0.2, -0.15) is 0 Å². The fraction of sp³-hybridized carbons (Fsp3) is 0.250. The Balaban J connectivity index is 2.43. The summed E-state index contributed by atoms with van der Waals surface area (Å²) in [6, 6.07) is 9.74. The normalized spacial score (nSPS) is 9.70. The molecule has 2 heteroatoms. The van der Waals surface area contributed by atoms with Crippen LogP contribution in [0.3, 0.4) is 0 Å². The fourth-order valence-corrected chi connectivity index (χ4v) is 0.787. The van der Waals surface area contributed by atoms with E-state index in [-0.39, 0.29) is 0 Å². The summed E-state index contributed by atoms with van der Waals surface area (Å²) in [7, 11) is 0. The first-order valence-corrected chi connectivity index (χ1v) is 3.24. The lowest BCUT2D eigenvalue weighted by Crippen LogP contribution is -2.10. The molecule has 1 aromatic carbocycles. The highest BCUT2D eigenvalue weighted by Gasteiger charge is 1.86. The zero-order chi connectivity index (χ0) is 7.23. The second-order valence-electron chi connectivity index (χ2n) is 2.05. The van der Waals surface area contributed by atoms with E-state index in [1.165, 1.54) is 0 Å². The van der Waals surface area contributed by atoms with Gasteiger partial charge in [0.05, 0.1) is 0 Å². The molecule has 0 unspecified atom stereocenters. The molecule has 0 fully saturated rings. The van der Waals surface area contributed by atoms with E-state index < -0.39 is 6.80 Å². The van der Waals surface area contributed by atoms with Crippen molar-refractivity contribution in [2.45, 2.75) is 6.54 Å². The smallest absolute Gasteiger partial charge is 0.140 e. The third-order valence-corrected chi connectivity index (χ3v) is 1.27. The van der Waals surface area contributed by atoms with Crippen molar-refractivity contribution in [2.75, 3.05) is 6.80 Å². The molecule has 0 aliphatic rings. The van der Waals surface area contributed by atoms with Gasteiger partial charge in [0.2, 0.25) is 0 Å². The van der Waals surface area contributed by atoms with Crippen LogP contribution in [0.2, 0.25) is 0 Å². The molecule has 0 aliphatic heterocycles. The van der Waals surface area contributed by atoms with Crippen LogP contribution in [0, 0.1) is 0 Å². The maximum Gasteiger partial charge on any atom is 0.140 e. The maximum atomic E-state index is 11.6. The molecule has 1 aromatic rings. The molecule has 0 bridgehead atoms. The first-order valence-electron chi connectivity index (χ1n) is 3.24. The highest BCUT2D eigenvalue weighted by atomic mass is 19.1. The Morgan fingerprint density at radius 2 is 1.90 bits per heavy atom. The standard InChI is InChI=1S/C8H10FN/c9-7-10-6-8-4-2-1-3-5-8/h1-5,10H,6-7H2. The zero-order valence-corrected chi connectivity index (χ0v) is 5.68. The molecule has 54 valence electrons. The lowest BCUT2D eigenvalue weighted by atomic mass is 10.2. The molecule has 0 atom stereocenters. The second-order valence-corrected chi connectivity index (χ2v) is 2.05. The van der Waals surface area contributed by atoms with Crippen LogP contribution < -0.4 is 5.32 Å². The average molecular weight is 139 g/mol. The molecule has 0 amide bonds. The van der Waals surface area contributed by atoms with Crippen LogP contribution in [0.1, 0.15) is 5.56 Å². The van der Waals surface area contributed by atoms with E-state index in [1.807, 2.05) is 30.3 Å². The molecular formula is C8H10FN. The first-order chi connectivity index (χ1) is 4.93. The molecule has 0 aliphatic carbocycles. The molecule has 0 radical (unpaired) electrons. The highest BCUT2D eigenvalue weighted by Crippen LogP contribution is 1.96. The van der Waals surface area contributed by atoms with Gasteiger partial charge in [-0.25, -0.2) is 4.39 Å². The van der Waals surface area contributed by atoms with Crippen LogP contribution in [-0.4, -0.2) is 6.80 Å².